The number of nitrogens with one attached hydrogen (secondary N) is 1. The fourth-order valence-electron chi connectivity index (χ4n) is 1.81. The molecule has 3 N–H and O–H groups in total. The van der Waals surface area contributed by atoms with Gasteiger partial charge in [0.25, 0.3) is 0 Å². The molecule has 2 rings (SSSR count). The summed E-state index contributed by atoms with van der Waals surface area (Å²) >= 11 is 0. The molecule has 0 aliphatic heterocycles. The topological polar surface area (TPSA) is 81.7 Å². The van der Waals surface area contributed by atoms with Gasteiger partial charge in [-0.15, -0.1) is 0 Å². The van der Waals surface area contributed by atoms with Gasteiger partial charge < -0.3 is 11.1 Å². The molecule has 0 spiro atoms. The summed E-state index contributed by atoms with van der Waals surface area (Å²) in [6.07, 6.45) is 0. The fraction of sp³-hybridized carbons (Fsp3) is 0.417. The Bertz CT molecular complexity index is 545. The zero-order valence-electron chi connectivity index (χ0n) is 10.9. The van der Waals surface area contributed by atoms with Crippen LogP contribution in [0.15, 0.2) is 12.1 Å². The summed E-state index contributed by atoms with van der Waals surface area (Å²) in [6.45, 7) is 7.09. The highest BCUT2D eigenvalue weighted by Crippen LogP contribution is 2.13. The molecule has 2 heterocycles. The van der Waals surface area contributed by atoms with Crippen molar-refractivity contribution < 1.29 is 0 Å². The van der Waals surface area contributed by atoms with Crippen molar-refractivity contribution in [3.63, 3.8) is 0 Å². The van der Waals surface area contributed by atoms with Gasteiger partial charge in [0.2, 0.25) is 0 Å². The van der Waals surface area contributed by atoms with E-state index >= 15 is 0 Å². The van der Waals surface area contributed by atoms with Gasteiger partial charge in [-0.3, -0.25) is 0 Å². The second-order valence-electron chi connectivity index (χ2n) is 4.21. The first-order chi connectivity index (χ1) is 8.60. The molecule has 0 bridgehead atoms. The van der Waals surface area contributed by atoms with E-state index in [2.05, 4.69) is 20.4 Å². The Morgan fingerprint density at radius 3 is 2.61 bits per heavy atom. The number of nitrogens with two attached hydrogens (primary N) is 1. The quantitative estimate of drug-likeness (QED) is 0.839. The predicted molar refractivity (Wildman–Crippen MR) is 70.9 cm³/mol. The maximum absolute atomic E-state index is 5.47. The number of anilines is 1. The molecule has 0 saturated carbocycles. The van der Waals surface area contributed by atoms with Crippen molar-refractivity contribution in [2.24, 2.45) is 5.73 Å². The Morgan fingerprint density at radius 2 is 2.00 bits per heavy atom. The predicted octanol–water partition coefficient (Wildman–Crippen LogP) is 0.958. The van der Waals surface area contributed by atoms with Gasteiger partial charge in [-0.2, -0.15) is 5.10 Å². The summed E-state index contributed by atoms with van der Waals surface area (Å²) in [4.78, 5) is 8.72. The van der Waals surface area contributed by atoms with E-state index in [4.69, 9.17) is 5.73 Å². The van der Waals surface area contributed by atoms with Gasteiger partial charge in [0.1, 0.15) is 11.6 Å². The molecule has 0 aromatic carbocycles. The largest absolute Gasteiger partial charge is 0.369 e. The van der Waals surface area contributed by atoms with Crippen LogP contribution < -0.4 is 11.1 Å². The Labute approximate surface area is 106 Å². The molecule has 0 unspecified atom stereocenters. The van der Waals surface area contributed by atoms with Crippen LogP contribution >= 0.6 is 0 Å². The minimum Gasteiger partial charge on any atom is -0.369 e. The molecule has 0 fully saturated rings. The van der Waals surface area contributed by atoms with Crippen molar-refractivity contribution in [3.05, 3.63) is 29.3 Å². The van der Waals surface area contributed by atoms with Crippen LogP contribution in [0.1, 0.15) is 17.2 Å². The first kappa shape index (κ1) is 12.5. The zero-order chi connectivity index (χ0) is 13.1. The van der Waals surface area contributed by atoms with E-state index < -0.39 is 0 Å². The van der Waals surface area contributed by atoms with Crippen molar-refractivity contribution in [2.75, 3.05) is 18.4 Å². The lowest BCUT2D eigenvalue weighted by Gasteiger charge is -2.08. The molecule has 2 aromatic rings. The Hall–Kier alpha value is -1.95. The number of aromatic nitrogens is 4. The van der Waals surface area contributed by atoms with Gasteiger partial charge in [-0.1, -0.05) is 0 Å². The third-order valence-electron chi connectivity index (χ3n) is 2.50. The third-order valence-corrected chi connectivity index (χ3v) is 2.50. The zero-order valence-corrected chi connectivity index (χ0v) is 10.9. The Kier molecular flexibility index (Phi) is 3.57. The minimum absolute atomic E-state index is 0.568. The third kappa shape index (κ3) is 2.65. The molecular weight excluding hydrogens is 228 g/mol. The average Bonchev–Trinajstić information content (AvgIpc) is 2.65. The number of hydrogen-bond donors (Lipinski definition) is 2. The SMILES string of the molecule is Cc1cc(C)n(-c2cc(NCCN)nc(C)n2)n1. The second kappa shape index (κ2) is 5.14. The van der Waals surface area contributed by atoms with Crippen LogP contribution in [0.4, 0.5) is 5.82 Å². The first-order valence-electron chi connectivity index (χ1n) is 5.93. The van der Waals surface area contributed by atoms with E-state index in [1.807, 2.05) is 37.6 Å². The van der Waals surface area contributed by atoms with Crippen LogP contribution in [-0.2, 0) is 0 Å². The summed E-state index contributed by atoms with van der Waals surface area (Å²) in [6, 6.07) is 3.90. The highest BCUT2D eigenvalue weighted by molar-refractivity contribution is 5.42. The number of hydrogen-bond acceptors (Lipinski definition) is 5. The van der Waals surface area contributed by atoms with Crippen molar-refractivity contribution >= 4 is 5.82 Å². The molecular formula is C12H18N6. The van der Waals surface area contributed by atoms with E-state index in [-0.39, 0.29) is 0 Å². The molecule has 0 saturated heterocycles. The summed E-state index contributed by atoms with van der Waals surface area (Å²) in [5, 5.41) is 7.57. The van der Waals surface area contributed by atoms with Crippen molar-refractivity contribution in [3.8, 4) is 5.82 Å². The van der Waals surface area contributed by atoms with Crippen molar-refractivity contribution in [1.82, 2.24) is 19.7 Å². The standard InChI is InChI=1S/C12H18N6/c1-8-6-9(2)18(17-8)12-7-11(14-5-4-13)15-10(3)16-12/h6-7H,4-5,13H2,1-3H3,(H,14,15,16). The van der Waals surface area contributed by atoms with Gasteiger partial charge >= 0.3 is 0 Å². The summed E-state index contributed by atoms with van der Waals surface area (Å²) in [7, 11) is 0. The lowest BCUT2D eigenvalue weighted by atomic mass is 10.4. The highest BCUT2D eigenvalue weighted by atomic mass is 15.3. The molecule has 6 nitrogen and oxygen atoms in total. The maximum Gasteiger partial charge on any atom is 0.159 e. The summed E-state index contributed by atoms with van der Waals surface area (Å²) < 4.78 is 1.82. The second-order valence-corrected chi connectivity index (χ2v) is 4.21. The molecule has 0 aliphatic carbocycles. The minimum atomic E-state index is 0.568. The first-order valence-corrected chi connectivity index (χ1v) is 5.93. The molecule has 2 aromatic heterocycles. The molecule has 18 heavy (non-hydrogen) atoms. The lowest BCUT2D eigenvalue weighted by Crippen LogP contribution is -2.15. The lowest BCUT2D eigenvalue weighted by molar-refractivity contribution is 0.792. The number of rotatable bonds is 4. The molecule has 96 valence electrons. The van der Waals surface area contributed by atoms with Crippen molar-refractivity contribution in [1.29, 1.82) is 0 Å². The number of nitrogens with zero attached hydrogens (tertiary/aromatic N) is 4. The normalized spacial score (nSPS) is 10.7. The van der Waals surface area contributed by atoms with E-state index in [9.17, 15) is 0 Å². The van der Waals surface area contributed by atoms with Gasteiger partial charge in [-0.05, 0) is 26.8 Å². The average molecular weight is 246 g/mol. The van der Waals surface area contributed by atoms with Crippen LogP contribution in [0, 0.1) is 20.8 Å². The molecule has 0 radical (unpaired) electrons. The van der Waals surface area contributed by atoms with E-state index in [1.165, 1.54) is 0 Å². The van der Waals surface area contributed by atoms with Gasteiger partial charge in [0, 0.05) is 24.8 Å². The van der Waals surface area contributed by atoms with E-state index in [0.717, 1.165) is 23.0 Å². The molecule has 0 aliphatic rings. The van der Waals surface area contributed by atoms with Crippen LogP contribution in [-0.4, -0.2) is 32.8 Å². The Balaban J connectivity index is 2.38. The summed E-state index contributed by atoms with van der Waals surface area (Å²) in [5.41, 5.74) is 7.49. The van der Waals surface area contributed by atoms with Gasteiger partial charge in [-0.25, -0.2) is 14.6 Å². The fourth-order valence-corrected chi connectivity index (χ4v) is 1.81. The smallest absolute Gasteiger partial charge is 0.159 e. The summed E-state index contributed by atoms with van der Waals surface area (Å²) in [5.74, 6) is 2.25. The van der Waals surface area contributed by atoms with Crippen LogP contribution in [0.25, 0.3) is 5.82 Å². The van der Waals surface area contributed by atoms with E-state index in [1.54, 1.807) is 0 Å². The molecule has 6 heteroatoms. The molecule has 0 amide bonds. The van der Waals surface area contributed by atoms with Crippen LogP contribution in [0.3, 0.4) is 0 Å². The maximum atomic E-state index is 5.47. The monoisotopic (exact) mass is 246 g/mol. The van der Waals surface area contributed by atoms with Crippen LogP contribution in [0.2, 0.25) is 0 Å². The molecule has 0 atom stereocenters. The Morgan fingerprint density at radius 1 is 1.22 bits per heavy atom. The van der Waals surface area contributed by atoms with Crippen LogP contribution in [0.5, 0.6) is 0 Å². The number of aryl methyl sites for hydroxylation is 3. The van der Waals surface area contributed by atoms with E-state index in [0.29, 0.717) is 18.9 Å². The van der Waals surface area contributed by atoms with Crippen molar-refractivity contribution in [2.45, 2.75) is 20.8 Å². The highest BCUT2D eigenvalue weighted by Gasteiger charge is 2.07. The van der Waals surface area contributed by atoms with Gasteiger partial charge in [0.15, 0.2) is 5.82 Å². The van der Waals surface area contributed by atoms with Gasteiger partial charge in [0.05, 0.1) is 5.69 Å².